The minimum Gasteiger partial charge on any atom is -0.334 e. The molecule has 0 spiro atoms. The van der Waals surface area contributed by atoms with Crippen LogP contribution in [0.1, 0.15) is 74.4 Å². The number of amides is 1. The molecule has 1 amide bonds. The number of benzene rings is 1. The second-order valence-electron chi connectivity index (χ2n) is 8.87. The average molecular weight is 370 g/mol. The molecule has 0 aliphatic carbocycles. The number of nitrogens with zero attached hydrogens (tertiary/aromatic N) is 3. The molecule has 148 valence electrons. The lowest BCUT2D eigenvalue weighted by atomic mass is 9.86. The first kappa shape index (κ1) is 21.2. The van der Waals surface area contributed by atoms with E-state index in [1.807, 2.05) is 28.6 Å². The van der Waals surface area contributed by atoms with Crippen LogP contribution >= 0.6 is 0 Å². The van der Waals surface area contributed by atoms with Gasteiger partial charge >= 0.3 is 0 Å². The number of carbonyl (C=O) groups excluding carboxylic acids is 1. The monoisotopic (exact) mass is 369 g/mol. The fourth-order valence-electron chi connectivity index (χ4n) is 3.42. The van der Waals surface area contributed by atoms with Crippen LogP contribution in [0.5, 0.6) is 0 Å². The maximum atomic E-state index is 13.2. The van der Waals surface area contributed by atoms with Crippen molar-refractivity contribution in [1.82, 2.24) is 14.7 Å². The van der Waals surface area contributed by atoms with E-state index in [1.165, 1.54) is 5.56 Å². The molecule has 4 heteroatoms. The van der Waals surface area contributed by atoms with Crippen LogP contribution in [-0.4, -0.2) is 27.1 Å². The highest BCUT2D eigenvalue weighted by molar-refractivity contribution is 5.94. The third-order valence-electron chi connectivity index (χ3n) is 5.05. The summed E-state index contributed by atoms with van der Waals surface area (Å²) in [5.41, 5.74) is 5.41. The Balaban J connectivity index is 2.30. The normalized spacial score (nSPS) is 11.9. The van der Waals surface area contributed by atoms with Gasteiger partial charge in [0.1, 0.15) is 0 Å². The Labute approximate surface area is 164 Å². The minimum atomic E-state index is 0.0855. The Morgan fingerprint density at radius 3 is 2.19 bits per heavy atom. The molecule has 1 aromatic carbocycles. The summed E-state index contributed by atoms with van der Waals surface area (Å²) in [5.74, 6) is 0.497. The Hall–Kier alpha value is -2.10. The summed E-state index contributed by atoms with van der Waals surface area (Å²) in [7, 11) is 0. The van der Waals surface area contributed by atoms with Crippen molar-refractivity contribution in [1.29, 1.82) is 0 Å². The highest BCUT2D eigenvalue weighted by Crippen LogP contribution is 2.23. The summed E-state index contributed by atoms with van der Waals surface area (Å²) in [6.07, 6.45) is 0. The molecule has 0 aliphatic heterocycles. The molecule has 0 saturated heterocycles. The fourth-order valence-corrected chi connectivity index (χ4v) is 3.42. The molecule has 2 aromatic rings. The number of aryl methyl sites for hydroxylation is 2. The van der Waals surface area contributed by atoms with Crippen LogP contribution < -0.4 is 0 Å². The molecule has 0 aliphatic rings. The van der Waals surface area contributed by atoms with Gasteiger partial charge in [0.2, 0.25) is 0 Å². The Bertz CT molecular complexity index is 779. The van der Waals surface area contributed by atoms with Crippen molar-refractivity contribution in [3.05, 3.63) is 52.3 Å². The van der Waals surface area contributed by atoms with Crippen molar-refractivity contribution in [3.63, 3.8) is 0 Å². The first-order chi connectivity index (χ1) is 12.5. The predicted octanol–water partition coefficient (Wildman–Crippen LogP) is 5.12. The number of carbonyl (C=O) groups is 1. The van der Waals surface area contributed by atoms with E-state index in [-0.39, 0.29) is 11.3 Å². The van der Waals surface area contributed by atoms with Gasteiger partial charge in [-0.05, 0) is 49.8 Å². The van der Waals surface area contributed by atoms with Gasteiger partial charge in [0.25, 0.3) is 5.91 Å². The zero-order valence-corrected chi connectivity index (χ0v) is 18.3. The number of rotatable bonds is 6. The highest BCUT2D eigenvalue weighted by atomic mass is 16.2. The zero-order chi connectivity index (χ0) is 20.4. The van der Waals surface area contributed by atoms with Gasteiger partial charge in [-0.3, -0.25) is 9.48 Å². The van der Waals surface area contributed by atoms with Crippen LogP contribution in [-0.2, 0) is 18.5 Å². The van der Waals surface area contributed by atoms with Crippen LogP contribution in [0, 0.1) is 19.8 Å². The molecule has 0 saturated carbocycles. The first-order valence-electron chi connectivity index (χ1n) is 9.97. The molecule has 0 unspecified atom stereocenters. The summed E-state index contributed by atoms with van der Waals surface area (Å²) < 4.78 is 2.01. The second kappa shape index (κ2) is 8.28. The van der Waals surface area contributed by atoms with Gasteiger partial charge in [0.05, 0.1) is 5.69 Å². The molecule has 27 heavy (non-hydrogen) atoms. The third-order valence-corrected chi connectivity index (χ3v) is 5.05. The summed E-state index contributed by atoms with van der Waals surface area (Å²) in [4.78, 5) is 15.2. The van der Waals surface area contributed by atoms with Crippen LogP contribution in [0.15, 0.2) is 24.3 Å². The fraction of sp³-hybridized carbons (Fsp3) is 0.565. The summed E-state index contributed by atoms with van der Waals surface area (Å²) in [6, 6.07) is 8.08. The van der Waals surface area contributed by atoms with Gasteiger partial charge in [-0.25, -0.2) is 0 Å². The van der Waals surface area contributed by atoms with Crippen molar-refractivity contribution >= 4 is 5.91 Å². The van der Waals surface area contributed by atoms with E-state index in [9.17, 15) is 4.79 Å². The topological polar surface area (TPSA) is 38.1 Å². The van der Waals surface area contributed by atoms with Gasteiger partial charge in [-0.2, -0.15) is 5.10 Å². The zero-order valence-electron chi connectivity index (χ0n) is 18.3. The Morgan fingerprint density at radius 2 is 1.74 bits per heavy atom. The maximum absolute atomic E-state index is 13.2. The highest BCUT2D eigenvalue weighted by Gasteiger charge is 2.22. The number of hydrogen-bond acceptors (Lipinski definition) is 2. The third kappa shape index (κ3) is 5.00. The summed E-state index contributed by atoms with van der Waals surface area (Å²) in [5, 5.41) is 4.61. The van der Waals surface area contributed by atoms with E-state index in [0.29, 0.717) is 12.5 Å². The van der Waals surface area contributed by atoms with Crippen molar-refractivity contribution in [2.45, 2.75) is 73.9 Å². The molecule has 1 heterocycles. The van der Waals surface area contributed by atoms with Gasteiger partial charge in [0.15, 0.2) is 0 Å². The summed E-state index contributed by atoms with van der Waals surface area (Å²) >= 11 is 0. The SMILES string of the molecule is CCn1nc(C)c(CN(CC(C)C)C(=O)c2ccc(C(C)(C)C)cc2)c1C. The van der Waals surface area contributed by atoms with Crippen LogP contribution in [0.3, 0.4) is 0 Å². The molecule has 0 N–H and O–H groups in total. The molecular weight excluding hydrogens is 334 g/mol. The Kier molecular flexibility index (Phi) is 6.50. The molecule has 4 nitrogen and oxygen atoms in total. The largest absolute Gasteiger partial charge is 0.334 e. The lowest BCUT2D eigenvalue weighted by Gasteiger charge is -2.26. The average Bonchev–Trinajstić information content (AvgIpc) is 2.87. The van der Waals surface area contributed by atoms with E-state index in [4.69, 9.17) is 0 Å². The van der Waals surface area contributed by atoms with E-state index >= 15 is 0 Å². The van der Waals surface area contributed by atoms with Gasteiger partial charge < -0.3 is 4.90 Å². The van der Waals surface area contributed by atoms with Gasteiger partial charge in [-0.1, -0.05) is 46.8 Å². The summed E-state index contributed by atoms with van der Waals surface area (Å²) in [6.45, 7) is 19.3. The lowest BCUT2D eigenvalue weighted by molar-refractivity contribution is 0.0722. The predicted molar refractivity (Wildman–Crippen MR) is 112 cm³/mol. The number of aromatic nitrogens is 2. The van der Waals surface area contributed by atoms with Crippen molar-refractivity contribution in [2.75, 3.05) is 6.54 Å². The molecular formula is C23H35N3O. The van der Waals surface area contributed by atoms with Crippen LogP contribution in [0.4, 0.5) is 0 Å². The smallest absolute Gasteiger partial charge is 0.254 e. The molecule has 0 radical (unpaired) electrons. The van der Waals surface area contributed by atoms with E-state index in [0.717, 1.165) is 35.6 Å². The maximum Gasteiger partial charge on any atom is 0.254 e. The standard InChI is InChI=1S/C23H35N3O/c1-9-26-18(5)21(17(4)24-26)15-25(14-16(2)3)22(27)19-10-12-20(13-11-19)23(6,7)8/h10-13,16H,9,14-15H2,1-8H3. The Morgan fingerprint density at radius 1 is 1.15 bits per heavy atom. The van der Waals surface area contributed by atoms with Crippen molar-refractivity contribution in [2.24, 2.45) is 5.92 Å². The van der Waals surface area contributed by atoms with Gasteiger partial charge in [0, 0.05) is 36.5 Å². The van der Waals surface area contributed by atoms with E-state index < -0.39 is 0 Å². The quantitative estimate of drug-likeness (QED) is 0.709. The minimum absolute atomic E-state index is 0.0855. The molecule has 0 atom stereocenters. The van der Waals surface area contributed by atoms with E-state index in [2.05, 4.69) is 65.7 Å². The van der Waals surface area contributed by atoms with Gasteiger partial charge in [-0.15, -0.1) is 0 Å². The van der Waals surface area contributed by atoms with E-state index in [1.54, 1.807) is 0 Å². The number of hydrogen-bond donors (Lipinski definition) is 0. The molecule has 0 fully saturated rings. The lowest BCUT2D eigenvalue weighted by Crippen LogP contribution is -2.34. The van der Waals surface area contributed by atoms with Crippen molar-refractivity contribution < 1.29 is 4.79 Å². The molecule has 1 aromatic heterocycles. The molecule has 0 bridgehead atoms. The van der Waals surface area contributed by atoms with Crippen LogP contribution in [0.25, 0.3) is 0 Å². The first-order valence-corrected chi connectivity index (χ1v) is 9.97. The second-order valence-corrected chi connectivity index (χ2v) is 8.87. The molecule has 2 rings (SSSR count). The van der Waals surface area contributed by atoms with Crippen molar-refractivity contribution in [3.8, 4) is 0 Å². The van der Waals surface area contributed by atoms with Crippen LogP contribution in [0.2, 0.25) is 0 Å².